The van der Waals surface area contributed by atoms with Crippen LogP contribution >= 0.6 is 34.8 Å². The lowest BCUT2D eigenvalue weighted by molar-refractivity contribution is -0.111. The average Bonchev–Trinajstić information content (AvgIpc) is 3.06. The summed E-state index contributed by atoms with van der Waals surface area (Å²) < 4.78 is 5.70. The molecule has 0 aliphatic carbocycles. The van der Waals surface area contributed by atoms with Crippen LogP contribution in [0.1, 0.15) is 5.76 Å². The van der Waals surface area contributed by atoms with Crippen LogP contribution in [0.15, 0.2) is 65.1 Å². The van der Waals surface area contributed by atoms with Gasteiger partial charge in [-0.25, -0.2) is 0 Å². The summed E-state index contributed by atoms with van der Waals surface area (Å²) in [7, 11) is 0. The summed E-state index contributed by atoms with van der Waals surface area (Å²) in [5.74, 6) is 0.871. The van der Waals surface area contributed by atoms with E-state index >= 15 is 0 Å². The molecule has 0 saturated heterocycles. The fraction of sp³-hybridized carbons (Fsp3) is 0. The number of benzene rings is 2. The molecule has 0 spiro atoms. The summed E-state index contributed by atoms with van der Waals surface area (Å²) in [6.45, 7) is 0. The van der Waals surface area contributed by atoms with Crippen LogP contribution in [0.2, 0.25) is 15.1 Å². The van der Waals surface area contributed by atoms with Crippen LogP contribution < -0.4 is 5.32 Å². The van der Waals surface area contributed by atoms with Crippen LogP contribution in [-0.2, 0) is 4.79 Å². The minimum Gasteiger partial charge on any atom is -0.457 e. The van der Waals surface area contributed by atoms with Gasteiger partial charge in [-0.1, -0.05) is 40.9 Å². The SMILES string of the molecule is O=C(/C=C/c1ccc(-c2ccc(Cl)cc2)o1)Nc1c(Cl)cccc1Cl. The average molecular weight is 393 g/mol. The molecule has 3 rings (SSSR count). The van der Waals surface area contributed by atoms with E-state index in [0.717, 1.165) is 5.56 Å². The van der Waals surface area contributed by atoms with E-state index in [2.05, 4.69) is 5.32 Å². The molecule has 126 valence electrons. The van der Waals surface area contributed by atoms with Gasteiger partial charge in [0.15, 0.2) is 0 Å². The fourth-order valence-electron chi connectivity index (χ4n) is 2.15. The van der Waals surface area contributed by atoms with E-state index < -0.39 is 0 Å². The van der Waals surface area contributed by atoms with Crippen molar-refractivity contribution in [3.8, 4) is 11.3 Å². The molecule has 0 unspecified atom stereocenters. The summed E-state index contributed by atoms with van der Waals surface area (Å²) >= 11 is 17.9. The Morgan fingerprint density at radius 2 is 1.60 bits per heavy atom. The van der Waals surface area contributed by atoms with Gasteiger partial charge in [-0.2, -0.15) is 0 Å². The maximum absolute atomic E-state index is 12.0. The molecule has 0 saturated carbocycles. The van der Waals surface area contributed by atoms with Gasteiger partial charge in [0, 0.05) is 16.7 Å². The third kappa shape index (κ3) is 4.45. The predicted molar refractivity (Wildman–Crippen MR) is 103 cm³/mol. The van der Waals surface area contributed by atoms with Crippen molar-refractivity contribution in [1.82, 2.24) is 0 Å². The lowest BCUT2D eigenvalue weighted by Gasteiger charge is -2.06. The number of carbonyl (C=O) groups excluding carboxylic acids is 1. The number of furan rings is 1. The van der Waals surface area contributed by atoms with Gasteiger partial charge in [0.2, 0.25) is 5.91 Å². The molecule has 0 aliphatic rings. The minimum atomic E-state index is -0.362. The second kappa shape index (κ2) is 7.79. The maximum Gasteiger partial charge on any atom is 0.248 e. The van der Waals surface area contributed by atoms with E-state index in [1.165, 1.54) is 6.08 Å². The monoisotopic (exact) mass is 391 g/mol. The number of hydrogen-bond acceptors (Lipinski definition) is 2. The zero-order chi connectivity index (χ0) is 17.8. The Balaban J connectivity index is 1.70. The number of hydrogen-bond donors (Lipinski definition) is 1. The van der Waals surface area contributed by atoms with Crippen molar-refractivity contribution >= 4 is 52.5 Å². The number of amides is 1. The molecule has 0 radical (unpaired) electrons. The Morgan fingerprint density at radius 3 is 2.28 bits per heavy atom. The third-order valence-electron chi connectivity index (χ3n) is 3.37. The highest BCUT2D eigenvalue weighted by Gasteiger charge is 2.08. The molecule has 0 bridgehead atoms. The van der Waals surface area contributed by atoms with E-state index in [0.29, 0.717) is 32.3 Å². The van der Waals surface area contributed by atoms with Crippen LogP contribution in [0.4, 0.5) is 5.69 Å². The molecule has 25 heavy (non-hydrogen) atoms. The molecule has 1 N–H and O–H groups in total. The second-order valence-corrected chi connectivity index (χ2v) is 6.38. The van der Waals surface area contributed by atoms with E-state index in [-0.39, 0.29) is 5.91 Å². The predicted octanol–water partition coefficient (Wildman–Crippen LogP) is 6.56. The Morgan fingerprint density at radius 1 is 0.920 bits per heavy atom. The quantitative estimate of drug-likeness (QED) is 0.511. The third-order valence-corrected chi connectivity index (χ3v) is 4.25. The van der Waals surface area contributed by atoms with Crippen molar-refractivity contribution in [2.24, 2.45) is 0 Å². The highest BCUT2D eigenvalue weighted by Crippen LogP contribution is 2.30. The molecular formula is C19H12Cl3NO2. The Kier molecular flexibility index (Phi) is 5.49. The van der Waals surface area contributed by atoms with Crippen molar-refractivity contribution in [2.75, 3.05) is 5.32 Å². The van der Waals surface area contributed by atoms with E-state index in [9.17, 15) is 4.79 Å². The second-order valence-electron chi connectivity index (χ2n) is 5.13. The van der Waals surface area contributed by atoms with Gasteiger partial charge < -0.3 is 9.73 Å². The maximum atomic E-state index is 12.0. The number of rotatable bonds is 4. The summed E-state index contributed by atoms with van der Waals surface area (Å²) in [6, 6.07) is 15.9. The summed E-state index contributed by atoms with van der Waals surface area (Å²) in [5, 5.41) is 4.05. The van der Waals surface area contributed by atoms with E-state index in [1.54, 1.807) is 42.5 Å². The zero-order valence-electron chi connectivity index (χ0n) is 12.8. The number of para-hydroxylation sites is 1. The van der Waals surface area contributed by atoms with Gasteiger partial charge >= 0.3 is 0 Å². The van der Waals surface area contributed by atoms with Crippen LogP contribution in [-0.4, -0.2) is 5.91 Å². The first-order valence-corrected chi connectivity index (χ1v) is 8.45. The number of carbonyl (C=O) groups is 1. The molecule has 6 heteroatoms. The first kappa shape index (κ1) is 17.6. The molecule has 3 aromatic rings. The van der Waals surface area contributed by atoms with Gasteiger partial charge in [0.25, 0.3) is 0 Å². The number of anilines is 1. The van der Waals surface area contributed by atoms with E-state index in [1.807, 2.05) is 18.2 Å². The van der Waals surface area contributed by atoms with Crippen LogP contribution in [0.25, 0.3) is 17.4 Å². The van der Waals surface area contributed by atoms with Crippen molar-refractivity contribution < 1.29 is 9.21 Å². The fourth-order valence-corrected chi connectivity index (χ4v) is 2.77. The van der Waals surface area contributed by atoms with Gasteiger partial charge in [-0.3, -0.25) is 4.79 Å². The number of halogens is 3. The van der Waals surface area contributed by atoms with Crippen molar-refractivity contribution in [1.29, 1.82) is 0 Å². The molecule has 1 aromatic heterocycles. The molecule has 0 fully saturated rings. The van der Waals surface area contributed by atoms with Gasteiger partial charge in [0.05, 0.1) is 15.7 Å². The van der Waals surface area contributed by atoms with Crippen LogP contribution in [0.3, 0.4) is 0 Å². The normalized spacial score (nSPS) is 11.0. The molecule has 0 aliphatic heterocycles. The summed E-state index contributed by atoms with van der Waals surface area (Å²) in [4.78, 5) is 12.0. The number of nitrogens with one attached hydrogen (secondary N) is 1. The zero-order valence-corrected chi connectivity index (χ0v) is 15.1. The molecule has 3 nitrogen and oxygen atoms in total. The molecular weight excluding hydrogens is 381 g/mol. The first-order chi connectivity index (χ1) is 12.0. The largest absolute Gasteiger partial charge is 0.457 e. The van der Waals surface area contributed by atoms with Gasteiger partial charge in [-0.15, -0.1) is 0 Å². The highest BCUT2D eigenvalue weighted by atomic mass is 35.5. The Labute approximate surface area is 159 Å². The van der Waals surface area contributed by atoms with Crippen molar-refractivity contribution in [3.05, 3.63) is 81.5 Å². The molecule has 0 atom stereocenters. The van der Waals surface area contributed by atoms with Crippen molar-refractivity contribution in [2.45, 2.75) is 0 Å². The van der Waals surface area contributed by atoms with Crippen LogP contribution in [0, 0.1) is 0 Å². The summed E-state index contributed by atoms with van der Waals surface area (Å²) in [5.41, 5.74) is 1.28. The van der Waals surface area contributed by atoms with Gasteiger partial charge in [-0.05, 0) is 54.6 Å². The first-order valence-electron chi connectivity index (χ1n) is 7.32. The Hall–Kier alpha value is -2.20. The minimum absolute atomic E-state index is 0.362. The highest BCUT2D eigenvalue weighted by molar-refractivity contribution is 6.39. The Bertz CT molecular complexity index is 910. The summed E-state index contributed by atoms with van der Waals surface area (Å²) in [6.07, 6.45) is 2.92. The van der Waals surface area contributed by atoms with E-state index in [4.69, 9.17) is 39.2 Å². The van der Waals surface area contributed by atoms with Crippen LogP contribution in [0.5, 0.6) is 0 Å². The topological polar surface area (TPSA) is 42.2 Å². The molecule has 1 amide bonds. The molecule has 1 heterocycles. The lowest BCUT2D eigenvalue weighted by Crippen LogP contribution is -2.08. The smallest absolute Gasteiger partial charge is 0.248 e. The van der Waals surface area contributed by atoms with Gasteiger partial charge in [0.1, 0.15) is 11.5 Å². The molecule has 2 aromatic carbocycles. The standard InChI is InChI=1S/C19H12Cl3NO2/c20-13-6-4-12(5-7-13)17-10-8-14(25-17)9-11-18(24)23-19-15(21)2-1-3-16(19)22/h1-11H,(H,23,24)/b11-9+. The van der Waals surface area contributed by atoms with Crippen molar-refractivity contribution in [3.63, 3.8) is 0 Å². The lowest BCUT2D eigenvalue weighted by atomic mass is 10.2.